The highest BCUT2D eigenvalue weighted by molar-refractivity contribution is 6.05. The van der Waals surface area contributed by atoms with E-state index in [0.717, 1.165) is 12.1 Å². The number of benzene rings is 2. The number of halogens is 3. The van der Waals surface area contributed by atoms with Crippen molar-refractivity contribution in [1.29, 1.82) is 0 Å². The summed E-state index contributed by atoms with van der Waals surface area (Å²) in [6.45, 7) is 3.86. The molecular formula is C19H19F3N2O2. The number of nitrogens with one attached hydrogen (secondary N) is 2. The fraction of sp³-hybridized carbons (Fsp3) is 0.263. The molecule has 0 unspecified atom stereocenters. The maximum absolute atomic E-state index is 13.0. The molecule has 0 saturated heterocycles. The average Bonchev–Trinajstić information content (AvgIpc) is 2.55. The molecule has 26 heavy (non-hydrogen) atoms. The van der Waals surface area contributed by atoms with Gasteiger partial charge in [0.25, 0.3) is 5.91 Å². The highest BCUT2D eigenvalue weighted by Crippen LogP contribution is 2.32. The van der Waals surface area contributed by atoms with Crippen LogP contribution >= 0.6 is 0 Å². The van der Waals surface area contributed by atoms with Crippen molar-refractivity contribution in [3.05, 3.63) is 59.7 Å². The molecule has 2 aromatic rings. The second-order valence-electron chi connectivity index (χ2n) is 6.22. The number of hydrogen-bond acceptors (Lipinski definition) is 2. The highest BCUT2D eigenvalue weighted by atomic mass is 19.4. The van der Waals surface area contributed by atoms with Crippen molar-refractivity contribution in [3.8, 4) is 0 Å². The van der Waals surface area contributed by atoms with Crippen LogP contribution < -0.4 is 10.6 Å². The average molecular weight is 364 g/mol. The van der Waals surface area contributed by atoms with Crippen LogP contribution in [0.15, 0.2) is 48.5 Å². The molecule has 0 bridgehead atoms. The van der Waals surface area contributed by atoms with Gasteiger partial charge in [0.2, 0.25) is 5.91 Å². The van der Waals surface area contributed by atoms with E-state index in [1.54, 1.807) is 12.1 Å². The lowest BCUT2D eigenvalue weighted by Gasteiger charge is -2.13. The third-order valence-electron chi connectivity index (χ3n) is 3.50. The Bertz CT molecular complexity index is 784. The smallest absolute Gasteiger partial charge is 0.326 e. The van der Waals surface area contributed by atoms with E-state index in [2.05, 4.69) is 10.6 Å². The molecule has 4 nitrogen and oxygen atoms in total. The quantitative estimate of drug-likeness (QED) is 0.789. The Labute approximate surface area is 149 Å². The highest BCUT2D eigenvalue weighted by Gasteiger charge is 2.34. The fourth-order valence-electron chi connectivity index (χ4n) is 2.35. The summed E-state index contributed by atoms with van der Waals surface area (Å²) in [4.78, 5) is 23.9. The monoisotopic (exact) mass is 364 g/mol. The molecule has 2 rings (SSSR count). The first-order valence-corrected chi connectivity index (χ1v) is 8.04. The van der Waals surface area contributed by atoms with Crippen molar-refractivity contribution in [1.82, 2.24) is 0 Å². The lowest BCUT2D eigenvalue weighted by atomic mass is 10.1. The molecule has 0 aromatic heterocycles. The largest absolute Gasteiger partial charge is 0.417 e. The molecule has 0 spiro atoms. The molecule has 0 radical (unpaired) electrons. The molecule has 2 aromatic carbocycles. The predicted octanol–water partition coefficient (Wildman–Crippen LogP) is 4.94. The van der Waals surface area contributed by atoms with Gasteiger partial charge in [-0.1, -0.05) is 26.0 Å². The van der Waals surface area contributed by atoms with E-state index in [1.165, 1.54) is 24.3 Å². The van der Waals surface area contributed by atoms with E-state index >= 15 is 0 Å². The Kier molecular flexibility index (Phi) is 6.02. The van der Waals surface area contributed by atoms with E-state index in [1.807, 2.05) is 13.8 Å². The molecule has 0 aliphatic carbocycles. The first-order valence-electron chi connectivity index (χ1n) is 8.04. The molecule has 0 aliphatic heterocycles. The maximum Gasteiger partial charge on any atom is 0.417 e. The lowest BCUT2D eigenvalue weighted by Crippen LogP contribution is -2.18. The van der Waals surface area contributed by atoms with Gasteiger partial charge in [0, 0.05) is 17.8 Å². The van der Waals surface area contributed by atoms with E-state index in [-0.39, 0.29) is 11.8 Å². The van der Waals surface area contributed by atoms with Crippen molar-refractivity contribution in [2.24, 2.45) is 5.92 Å². The van der Waals surface area contributed by atoms with Crippen LogP contribution in [0.3, 0.4) is 0 Å². The van der Waals surface area contributed by atoms with Crippen molar-refractivity contribution >= 4 is 23.2 Å². The predicted molar refractivity (Wildman–Crippen MR) is 93.9 cm³/mol. The third-order valence-corrected chi connectivity index (χ3v) is 3.50. The standard InChI is InChI=1S/C19H19F3N2O2/c1-12(2)11-17(25)23-13-7-9-14(10-8-13)24-18(26)15-5-3-4-6-16(15)19(20,21)22/h3-10,12H,11H2,1-2H3,(H,23,25)(H,24,26). The second-order valence-corrected chi connectivity index (χ2v) is 6.22. The van der Waals surface area contributed by atoms with Gasteiger partial charge in [0.1, 0.15) is 0 Å². The molecule has 0 fully saturated rings. The molecular weight excluding hydrogens is 345 g/mol. The normalized spacial score (nSPS) is 11.3. The van der Waals surface area contributed by atoms with E-state index in [0.29, 0.717) is 17.8 Å². The van der Waals surface area contributed by atoms with Gasteiger partial charge >= 0.3 is 6.18 Å². The van der Waals surface area contributed by atoms with Crippen molar-refractivity contribution in [2.45, 2.75) is 26.4 Å². The fourth-order valence-corrected chi connectivity index (χ4v) is 2.35. The van der Waals surface area contributed by atoms with E-state index in [9.17, 15) is 22.8 Å². The van der Waals surface area contributed by atoms with Crippen LogP contribution in [-0.4, -0.2) is 11.8 Å². The van der Waals surface area contributed by atoms with Crippen LogP contribution in [0.2, 0.25) is 0 Å². The summed E-state index contributed by atoms with van der Waals surface area (Å²) in [7, 11) is 0. The minimum absolute atomic E-state index is 0.129. The summed E-state index contributed by atoms with van der Waals surface area (Å²) in [5, 5.41) is 5.15. The van der Waals surface area contributed by atoms with Crippen LogP contribution in [0, 0.1) is 5.92 Å². The molecule has 0 atom stereocenters. The van der Waals surface area contributed by atoms with Gasteiger partial charge in [-0.3, -0.25) is 9.59 Å². The van der Waals surface area contributed by atoms with Gasteiger partial charge < -0.3 is 10.6 Å². The minimum atomic E-state index is -4.61. The number of hydrogen-bond donors (Lipinski definition) is 2. The van der Waals surface area contributed by atoms with Gasteiger partial charge in [0.05, 0.1) is 11.1 Å². The number of amides is 2. The Hall–Kier alpha value is -2.83. The Morgan fingerprint density at radius 3 is 2.00 bits per heavy atom. The number of anilines is 2. The van der Waals surface area contributed by atoms with Crippen LogP contribution in [0.5, 0.6) is 0 Å². The van der Waals surface area contributed by atoms with Crippen molar-refractivity contribution in [3.63, 3.8) is 0 Å². The topological polar surface area (TPSA) is 58.2 Å². The maximum atomic E-state index is 13.0. The zero-order valence-electron chi connectivity index (χ0n) is 14.4. The van der Waals surface area contributed by atoms with Gasteiger partial charge in [-0.15, -0.1) is 0 Å². The Balaban J connectivity index is 2.08. The summed E-state index contributed by atoms with van der Waals surface area (Å²) in [6.07, 6.45) is -4.23. The van der Waals surface area contributed by atoms with Crippen LogP contribution in [0.1, 0.15) is 36.2 Å². The summed E-state index contributed by atoms with van der Waals surface area (Å²) >= 11 is 0. The molecule has 138 valence electrons. The van der Waals surface area contributed by atoms with Gasteiger partial charge in [0.15, 0.2) is 0 Å². The first-order chi connectivity index (χ1) is 12.2. The second kappa shape index (κ2) is 8.03. The molecule has 0 saturated carbocycles. The minimum Gasteiger partial charge on any atom is -0.326 e. The Morgan fingerprint density at radius 2 is 1.46 bits per heavy atom. The molecule has 0 aliphatic rings. The van der Waals surface area contributed by atoms with E-state index in [4.69, 9.17) is 0 Å². The number of carbonyl (C=O) groups excluding carboxylic acids is 2. The zero-order valence-corrected chi connectivity index (χ0v) is 14.4. The number of alkyl halides is 3. The van der Waals surface area contributed by atoms with E-state index < -0.39 is 23.2 Å². The SMILES string of the molecule is CC(C)CC(=O)Nc1ccc(NC(=O)c2ccccc2C(F)(F)F)cc1. The molecule has 7 heteroatoms. The third kappa shape index (κ3) is 5.34. The molecule has 0 heterocycles. The van der Waals surface area contributed by atoms with Crippen molar-refractivity contribution in [2.75, 3.05) is 10.6 Å². The van der Waals surface area contributed by atoms with Gasteiger partial charge in [-0.25, -0.2) is 0 Å². The van der Waals surface area contributed by atoms with Crippen LogP contribution in [0.4, 0.5) is 24.5 Å². The first kappa shape index (κ1) is 19.5. The molecule has 2 N–H and O–H groups in total. The Morgan fingerprint density at radius 1 is 0.923 bits per heavy atom. The zero-order chi connectivity index (χ0) is 19.3. The number of carbonyl (C=O) groups is 2. The van der Waals surface area contributed by atoms with Crippen LogP contribution in [-0.2, 0) is 11.0 Å². The lowest BCUT2D eigenvalue weighted by molar-refractivity contribution is -0.137. The summed E-state index contributed by atoms with van der Waals surface area (Å²) < 4.78 is 39.0. The molecule has 2 amide bonds. The summed E-state index contributed by atoms with van der Waals surface area (Å²) in [6, 6.07) is 10.8. The summed E-state index contributed by atoms with van der Waals surface area (Å²) in [5.74, 6) is -0.757. The number of rotatable bonds is 5. The van der Waals surface area contributed by atoms with Crippen LogP contribution in [0.25, 0.3) is 0 Å². The summed E-state index contributed by atoms with van der Waals surface area (Å²) in [5.41, 5.74) is -0.567. The van der Waals surface area contributed by atoms with Gasteiger partial charge in [-0.2, -0.15) is 13.2 Å². The van der Waals surface area contributed by atoms with Gasteiger partial charge in [-0.05, 0) is 42.3 Å². The van der Waals surface area contributed by atoms with Crippen molar-refractivity contribution < 1.29 is 22.8 Å².